The van der Waals surface area contributed by atoms with E-state index < -0.39 is 42.4 Å². The van der Waals surface area contributed by atoms with E-state index in [1.54, 1.807) is 13.8 Å². The first-order valence-corrected chi connectivity index (χ1v) is 9.95. The van der Waals surface area contributed by atoms with Crippen LogP contribution in [0, 0.1) is 52.3 Å². The molecule has 2 N–H and O–H groups in total. The second-order valence-electron chi connectivity index (χ2n) is 7.61. The van der Waals surface area contributed by atoms with Crippen LogP contribution < -0.4 is 10.9 Å². The Morgan fingerprint density at radius 2 is 1.09 bits per heavy atom. The normalized spacial score (nSPS) is 17.4. The SMILES string of the molecule is CC(=NNc1ccc([N+](=O)[O-])cc1[N+](=O)[O-])[C@H]1C[C@H]1C(C)=NNc1ccc([N+](=O)[O-])cc1[N+](=O)[O-]. The molecule has 1 saturated carbocycles. The average Bonchev–Trinajstić information content (AvgIpc) is 3.61. The molecule has 2 aromatic rings. The Bertz CT molecular complexity index is 1190. The molecule has 0 amide bonds. The zero-order chi connectivity index (χ0) is 25.9. The van der Waals surface area contributed by atoms with Crippen molar-refractivity contribution in [2.45, 2.75) is 20.3 Å². The van der Waals surface area contributed by atoms with Crippen molar-refractivity contribution in [2.75, 3.05) is 10.9 Å². The Balaban J connectivity index is 1.68. The topological polar surface area (TPSA) is 221 Å². The van der Waals surface area contributed by atoms with Crippen molar-refractivity contribution in [3.63, 3.8) is 0 Å². The second kappa shape index (κ2) is 9.86. The van der Waals surface area contributed by atoms with Crippen molar-refractivity contribution in [1.29, 1.82) is 0 Å². The van der Waals surface area contributed by atoms with Crippen LogP contribution in [-0.4, -0.2) is 31.1 Å². The van der Waals surface area contributed by atoms with E-state index in [4.69, 9.17) is 0 Å². The van der Waals surface area contributed by atoms with E-state index in [1.165, 1.54) is 12.1 Å². The maximum atomic E-state index is 11.2. The third-order valence-electron chi connectivity index (χ3n) is 5.35. The molecule has 0 unspecified atom stereocenters. The smallest absolute Gasteiger partial charge is 0.272 e. The number of hydrogen-bond donors (Lipinski definition) is 2. The summed E-state index contributed by atoms with van der Waals surface area (Å²) in [5, 5.41) is 52.5. The zero-order valence-corrected chi connectivity index (χ0v) is 18.3. The molecule has 0 aliphatic heterocycles. The largest absolute Gasteiger partial charge is 0.301 e. The van der Waals surface area contributed by atoms with E-state index in [2.05, 4.69) is 21.1 Å². The Labute approximate surface area is 195 Å². The minimum absolute atomic E-state index is 0.00492. The van der Waals surface area contributed by atoms with E-state index in [-0.39, 0.29) is 23.2 Å². The van der Waals surface area contributed by atoms with Crippen molar-refractivity contribution in [1.82, 2.24) is 0 Å². The quantitative estimate of drug-likeness (QED) is 0.276. The van der Waals surface area contributed by atoms with Crippen LogP contribution in [0.2, 0.25) is 0 Å². The van der Waals surface area contributed by atoms with Gasteiger partial charge in [-0.2, -0.15) is 10.2 Å². The lowest BCUT2D eigenvalue weighted by atomic mass is 10.2. The molecule has 182 valence electrons. The Hall–Kier alpha value is -5.02. The molecule has 16 heteroatoms. The molecule has 1 aliphatic carbocycles. The number of hydrazone groups is 2. The van der Waals surface area contributed by atoms with Crippen molar-refractivity contribution in [3.8, 4) is 0 Å². The van der Waals surface area contributed by atoms with Crippen molar-refractivity contribution >= 4 is 45.5 Å². The van der Waals surface area contributed by atoms with E-state index in [0.717, 1.165) is 24.3 Å². The number of nitro benzene ring substituents is 4. The van der Waals surface area contributed by atoms with Crippen molar-refractivity contribution in [3.05, 3.63) is 76.9 Å². The summed E-state index contributed by atoms with van der Waals surface area (Å²) in [6, 6.07) is 6.33. The summed E-state index contributed by atoms with van der Waals surface area (Å²) >= 11 is 0. The minimum atomic E-state index is -0.750. The Kier molecular flexibility index (Phi) is 6.93. The fraction of sp³-hybridized carbons (Fsp3) is 0.263. The molecule has 16 nitrogen and oxygen atoms in total. The number of anilines is 2. The first-order chi connectivity index (χ1) is 16.5. The number of nitro groups is 4. The van der Waals surface area contributed by atoms with Gasteiger partial charge < -0.3 is 0 Å². The molecule has 0 heterocycles. The van der Waals surface area contributed by atoms with E-state index in [9.17, 15) is 40.5 Å². The number of benzene rings is 2. The van der Waals surface area contributed by atoms with Gasteiger partial charge in [-0.15, -0.1) is 0 Å². The zero-order valence-electron chi connectivity index (χ0n) is 18.3. The van der Waals surface area contributed by atoms with Gasteiger partial charge in [-0.3, -0.25) is 51.3 Å². The van der Waals surface area contributed by atoms with Crippen LogP contribution in [0.3, 0.4) is 0 Å². The van der Waals surface area contributed by atoms with E-state index >= 15 is 0 Å². The highest BCUT2D eigenvalue weighted by molar-refractivity contribution is 5.98. The fourth-order valence-electron chi connectivity index (χ4n) is 3.34. The molecular formula is C19H18N8O8. The summed E-state index contributed by atoms with van der Waals surface area (Å²) in [6.45, 7) is 3.41. The van der Waals surface area contributed by atoms with Crippen molar-refractivity contribution in [2.24, 2.45) is 22.0 Å². The monoisotopic (exact) mass is 486 g/mol. The molecule has 1 fully saturated rings. The van der Waals surface area contributed by atoms with Crippen molar-refractivity contribution < 1.29 is 19.7 Å². The standard InChI is InChI=1S/C19H18N8O8/c1-10(20-22-16-5-3-12(24(28)29)7-18(16)26(32)33)14-9-15(14)11(2)21-23-17-6-4-13(25(30)31)8-19(17)27(34)35/h3-8,14-15,22-23H,9H2,1-2H3/t14-,15+. The average molecular weight is 486 g/mol. The van der Waals surface area contributed by atoms with Crippen LogP contribution in [0.4, 0.5) is 34.1 Å². The van der Waals surface area contributed by atoms with E-state index in [1.807, 2.05) is 0 Å². The molecule has 2 atom stereocenters. The van der Waals surface area contributed by atoms with Crippen LogP contribution in [-0.2, 0) is 0 Å². The van der Waals surface area contributed by atoms with Crippen LogP contribution in [0.1, 0.15) is 20.3 Å². The van der Waals surface area contributed by atoms with Gasteiger partial charge in [0.15, 0.2) is 0 Å². The van der Waals surface area contributed by atoms with Gasteiger partial charge in [0.2, 0.25) is 0 Å². The van der Waals surface area contributed by atoms with Crippen LogP contribution in [0.15, 0.2) is 46.6 Å². The van der Waals surface area contributed by atoms with E-state index in [0.29, 0.717) is 17.8 Å². The van der Waals surface area contributed by atoms with Gasteiger partial charge >= 0.3 is 11.4 Å². The predicted octanol–water partition coefficient (Wildman–Crippen LogP) is 4.23. The third-order valence-corrected chi connectivity index (χ3v) is 5.35. The summed E-state index contributed by atoms with van der Waals surface area (Å²) in [5.41, 5.74) is 4.53. The molecule has 0 bridgehead atoms. The number of nitrogens with one attached hydrogen (secondary N) is 2. The lowest BCUT2D eigenvalue weighted by Crippen LogP contribution is -2.08. The van der Waals surface area contributed by atoms with Gasteiger partial charge in [-0.1, -0.05) is 0 Å². The van der Waals surface area contributed by atoms with Crippen LogP contribution in [0.5, 0.6) is 0 Å². The van der Waals surface area contributed by atoms with Crippen LogP contribution >= 0.6 is 0 Å². The maximum absolute atomic E-state index is 11.2. The summed E-state index contributed by atoms with van der Waals surface area (Å²) < 4.78 is 0. The van der Waals surface area contributed by atoms with Crippen LogP contribution in [0.25, 0.3) is 0 Å². The molecule has 35 heavy (non-hydrogen) atoms. The van der Waals surface area contributed by atoms with Gasteiger partial charge in [0, 0.05) is 35.4 Å². The first-order valence-electron chi connectivity index (χ1n) is 9.95. The highest BCUT2D eigenvalue weighted by Gasteiger charge is 2.41. The summed E-state index contributed by atoms with van der Waals surface area (Å²) in [7, 11) is 0. The van der Waals surface area contributed by atoms with Gasteiger partial charge in [0.05, 0.1) is 31.8 Å². The lowest BCUT2D eigenvalue weighted by molar-refractivity contribution is -0.393. The molecule has 1 aliphatic rings. The molecular weight excluding hydrogens is 468 g/mol. The summed E-state index contributed by atoms with van der Waals surface area (Å²) in [5.74, 6) is -0.0889. The summed E-state index contributed by atoms with van der Waals surface area (Å²) in [4.78, 5) is 41.2. The fourth-order valence-corrected chi connectivity index (χ4v) is 3.34. The molecule has 0 aromatic heterocycles. The summed E-state index contributed by atoms with van der Waals surface area (Å²) in [6.07, 6.45) is 0.665. The second-order valence-corrected chi connectivity index (χ2v) is 7.61. The third kappa shape index (κ3) is 5.67. The first kappa shape index (κ1) is 24.6. The lowest BCUT2D eigenvalue weighted by Gasteiger charge is -2.06. The molecule has 3 rings (SSSR count). The number of nitrogens with zero attached hydrogens (tertiary/aromatic N) is 6. The highest BCUT2D eigenvalue weighted by Crippen LogP contribution is 2.41. The molecule has 0 radical (unpaired) electrons. The maximum Gasteiger partial charge on any atom is 0.301 e. The molecule has 2 aromatic carbocycles. The highest BCUT2D eigenvalue weighted by atomic mass is 16.6. The van der Waals surface area contributed by atoms with Gasteiger partial charge in [-0.25, -0.2) is 0 Å². The number of rotatable bonds is 10. The molecule has 0 saturated heterocycles. The molecule has 0 spiro atoms. The van der Waals surface area contributed by atoms with Gasteiger partial charge in [-0.05, 0) is 32.4 Å². The minimum Gasteiger partial charge on any atom is -0.272 e. The van der Waals surface area contributed by atoms with Gasteiger partial charge in [0.1, 0.15) is 11.4 Å². The Morgan fingerprint density at radius 1 is 0.714 bits per heavy atom. The Morgan fingerprint density at radius 3 is 1.40 bits per heavy atom. The van der Waals surface area contributed by atoms with Gasteiger partial charge in [0.25, 0.3) is 11.4 Å². The predicted molar refractivity (Wildman–Crippen MR) is 125 cm³/mol. The number of non-ortho nitro benzene ring substituents is 2. The number of hydrogen-bond acceptors (Lipinski definition) is 12.